The molecular weight excluding hydrogens is 439 g/mol. The van der Waals surface area contributed by atoms with E-state index in [-0.39, 0.29) is 24.6 Å². The lowest BCUT2D eigenvalue weighted by atomic mass is 10.1. The fourth-order valence-electron chi connectivity index (χ4n) is 4.36. The number of hydrogen-bond acceptors (Lipinski definition) is 6. The van der Waals surface area contributed by atoms with Crippen molar-refractivity contribution in [3.05, 3.63) is 53.8 Å². The Balaban J connectivity index is 1.33. The van der Waals surface area contributed by atoms with E-state index in [4.69, 9.17) is 18.9 Å². The van der Waals surface area contributed by atoms with Gasteiger partial charge in [0.15, 0.2) is 29.2 Å². The van der Waals surface area contributed by atoms with Crippen molar-refractivity contribution in [1.82, 2.24) is 10.2 Å². The molecule has 34 heavy (non-hydrogen) atoms. The molecule has 1 amide bonds. The predicted molar refractivity (Wildman–Crippen MR) is 123 cm³/mol. The van der Waals surface area contributed by atoms with E-state index in [1.165, 1.54) is 6.07 Å². The molecule has 1 saturated heterocycles. The van der Waals surface area contributed by atoms with Crippen molar-refractivity contribution in [2.45, 2.75) is 44.4 Å². The van der Waals surface area contributed by atoms with Gasteiger partial charge in [-0.1, -0.05) is 18.2 Å². The molecule has 2 aromatic rings. The van der Waals surface area contributed by atoms with E-state index in [0.717, 1.165) is 49.4 Å². The Labute approximate surface area is 199 Å². The van der Waals surface area contributed by atoms with Crippen LogP contribution in [0.25, 0.3) is 0 Å². The molecule has 1 N–H and O–H groups in total. The fourth-order valence-corrected chi connectivity index (χ4v) is 4.36. The number of ether oxygens (including phenoxy) is 4. The quantitative estimate of drug-likeness (QED) is 0.542. The van der Waals surface area contributed by atoms with Gasteiger partial charge in [-0.15, -0.1) is 0 Å². The first-order valence-corrected chi connectivity index (χ1v) is 12.1. The lowest BCUT2D eigenvalue weighted by Gasteiger charge is -2.29. The van der Waals surface area contributed by atoms with Gasteiger partial charge in [0.05, 0.1) is 6.10 Å². The fraction of sp³-hybridized carbons (Fsp3) is 0.500. The minimum atomic E-state index is -0.855. The number of carbonyl (C=O) groups excluding carboxylic acids is 1. The number of carbonyl (C=O) groups is 1. The van der Waals surface area contributed by atoms with Gasteiger partial charge in [0, 0.05) is 32.8 Å². The van der Waals surface area contributed by atoms with Crippen LogP contribution in [0.4, 0.5) is 4.39 Å². The monoisotopic (exact) mass is 470 g/mol. The Morgan fingerprint density at radius 1 is 1.15 bits per heavy atom. The molecule has 2 atom stereocenters. The summed E-state index contributed by atoms with van der Waals surface area (Å²) in [5, 5.41) is 3.00. The Hall–Kier alpha value is -2.84. The van der Waals surface area contributed by atoms with Crippen LogP contribution in [0.3, 0.4) is 0 Å². The molecular formula is C26H31FN2O5. The van der Waals surface area contributed by atoms with Crippen LogP contribution in [0.1, 0.15) is 31.2 Å². The maximum atomic E-state index is 14.4. The van der Waals surface area contributed by atoms with E-state index in [2.05, 4.69) is 10.2 Å². The van der Waals surface area contributed by atoms with E-state index in [0.29, 0.717) is 32.1 Å². The molecule has 3 aliphatic rings. The number of rotatable bonds is 11. The van der Waals surface area contributed by atoms with Crippen LogP contribution in [-0.2, 0) is 16.1 Å². The number of benzene rings is 2. The standard InChI is InChI=1S/C26H31FN2O5/c27-21-5-1-2-6-22(21)34-25(26(30)28-13-18-7-8-18)16-29(15-20-4-3-11-31-20)14-19-9-10-23-24(12-19)33-17-32-23/h1-2,5-6,9-10,12,18,20,25H,3-4,7-8,11,13-17H2,(H,28,30). The van der Waals surface area contributed by atoms with Gasteiger partial charge in [-0.2, -0.15) is 0 Å². The average molecular weight is 471 g/mol. The SMILES string of the molecule is O=C(NCC1CC1)C(CN(Cc1ccc2c(c1)OCO2)CC1CCCO1)Oc1ccccc1F. The van der Waals surface area contributed by atoms with Crippen LogP contribution < -0.4 is 19.5 Å². The van der Waals surface area contributed by atoms with Gasteiger partial charge in [-0.05, 0) is 61.4 Å². The number of para-hydroxylation sites is 1. The van der Waals surface area contributed by atoms with Crippen LogP contribution in [-0.4, -0.2) is 56.0 Å². The molecule has 182 valence electrons. The van der Waals surface area contributed by atoms with E-state index < -0.39 is 11.9 Å². The third kappa shape index (κ3) is 5.98. The van der Waals surface area contributed by atoms with Crippen molar-refractivity contribution >= 4 is 5.91 Å². The second kappa shape index (κ2) is 10.6. The maximum absolute atomic E-state index is 14.4. The van der Waals surface area contributed by atoms with Gasteiger partial charge in [-0.25, -0.2) is 4.39 Å². The first kappa shape index (κ1) is 22.9. The summed E-state index contributed by atoms with van der Waals surface area (Å²) in [4.78, 5) is 15.3. The molecule has 0 radical (unpaired) electrons. The summed E-state index contributed by atoms with van der Waals surface area (Å²) in [5.74, 6) is 1.36. The molecule has 2 aliphatic heterocycles. The second-order valence-electron chi connectivity index (χ2n) is 9.24. The zero-order valence-corrected chi connectivity index (χ0v) is 19.2. The molecule has 0 bridgehead atoms. The van der Waals surface area contributed by atoms with Crippen molar-refractivity contribution in [2.24, 2.45) is 5.92 Å². The van der Waals surface area contributed by atoms with E-state index in [9.17, 15) is 9.18 Å². The number of fused-ring (bicyclic) bond motifs is 1. The highest BCUT2D eigenvalue weighted by atomic mass is 19.1. The molecule has 2 unspecified atom stereocenters. The molecule has 7 nitrogen and oxygen atoms in total. The van der Waals surface area contributed by atoms with Crippen LogP contribution in [0.15, 0.2) is 42.5 Å². The first-order chi connectivity index (χ1) is 16.6. The molecule has 1 aliphatic carbocycles. The van der Waals surface area contributed by atoms with Gasteiger partial charge in [0.2, 0.25) is 6.79 Å². The summed E-state index contributed by atoms with van der Waals surface area (Å²) in [6.45, 7) is 3.13. The highest BCUT2D eigenvalue weighted by molar-refractivity contribution is 5.81. The molecule has 0 aromatic heterocycles. The number of hydrogen-bond donors (Lipinski definition) is 1. The summed E-state index contributed by atoms with van der Waals surface area (Å²) in [6, 6.07) is 12.1. The summed E-state index contributed by atoms with van der Waals surface area (Å²) < 4.78 is 37.1. The zero-order chi connectivity index (χ0) is 23.3. The van der Waals surface area contributed by atoms with Gasteiger partial charge >= 0.3 is 0 Å². The normalized spacial score (nSPS) is 19.9. The van der Waals surface area contributed by atoms with Crippen molar-refractivity contribution in [1.29, 1.82) is 0 Å². The van der Waals surface area contributed by atoms with Crippen LogP contribution >= 0.6 is 0 Å². The first-order valence-electron chi connectivity index (χ1n) is 12.1. The number of nitrogens with zero attached hydrogens (tertiary/aromatic N) is 1. The van der Waals surface area contributed by atoms with Gasteiger partial charge in [0.1, 0.15) is 0 Å². The molecule has 1 saturated carbocycles. The van der Waals surface area contributed by atoms with Crippen molar-refractivity contribution < 1.29 is 28.1 Å². The summed E-state index contributed by atoms with van der Waals surface area (Å²) in [7, 11) is 0. The van der Waals surface area contributed by atoms with Gasteiger partial charge in [0.25, 0.3) is 5.91 Å². The number of amides is 1. The highest BCUT2D eigenvalue weighted by Crippen LogP contribution is 2.33. The zero-order valence-electron chi connectivity index (χ0n) is 19.2. The molecule has 5 rings (SSSR count). The molecule has 2 fully saturated rings. The molecule has 0 spiro atoms. The minimum absolute atomic E-state index is 0.0780. The summed E-state index contributed by atoms with van der Waals surface area (Å²) in [6.07, 6.45) is 3.51. The maximum Gasteiger partial charge on any atom is 0.262 e. The molecule has 8 heteroatoms. The van der Waals surface area contributed by atoms with Crippen LogP contribution in [0.5, 0.6) is 17.2 Å². The Morgan fingerprint density at radius 2 is 2.00 bits per heavy atom. The second-order valence-corrected chi connectivity index (χ2v) is 9.24. The topological polar surface area (TPSA) is 69.3 Å². The lowest BCUT2D eigenvalue weighted by Crippen LogP contribution is -2.48. The minimum Gasteiger partial charge on any atom is -0.476 e. The Kier molecular flexibility index (Phi) is 7.16. The highest BCUT2D eigenvalue weighted by Gasteiger charge is 2.30. The molecule has 2 heterocycles. The summed E-state index contributed by atoms with van der Waals surface area (Å²) >= 11 is 0. The van der Waals surface area contributed by atoms with Crippen molar-refractivity contribution in [3.63, 3.8) is 0 Å². The number of nitrogens with one attached hydrogen (secondary N) is 1. The predicted octanol–water partition coefficient (Wildman–Crippen LogP) is 3.51. The third-order valence-electron chi connectivity index (χ3n) is 6.41. The van der Waals surface area contributed by atoms with Gasteiger partial charge in [-0.3, -0.25) is 9.69 Å². The van der Waals surface area contributed by atoms with E-state index in [1.807, 2.05) is 18.2 Å². The smallest absolute Gasteiger partial charge is 0.262 e. The largest absolute Gasteiger partial charge is 0.476 e. The lowest BCUT2D eigenvalue weighted by molar-refractivity contribution is -0.129. The molecule has 2 aromatic carbocycles. The van der Waals surface area contributed by atoms with E-state index >= 15 is 0 Å². The van der Waals surface area contributed by atoms with Gasteiger partial charge < -0.3 is 24.3 Å². The van der Waals surface area contributed by atoms with Crippen molar-refractivity contribution in [3.8, 4) is 17.2 Å². The third-order valence-corrected chi connectivity index (χ3v) is 6.41. The number of halogens is 1. The van der Waals surface area contributed by atoms with E-state index in [1.54, 1.807) is 18.2 Å². The Morgan fingerprint density at radius 3 is 2.79 bits per heavy atom. The average Bonchev–Trinajstić information content (AvgIpc) is 3.30. The Bertz CT molecular complexity index is 993. The van der Waals surface area contributed by atoms with Crippen molar-refractivity contribution in [2.75, 3.05) is 33.0 Å². The van der Waals surface area contributed by atoms with Crippen LogP contribution in [0.2, 0.25) is 0 Å². The van der Waals surface area contributed by atoms with Crippen LogP contribution in [0, 0.1) is 11.7 Å². The summed E-state index contributed by atoms with van der Waals surface area (Å²) in [5.41, 5.74) is 1.03.